The Morgan fingerprint density at radius 3 is 1.77 bits per heavy atom. The molecule has 0 aliphatic heterocycles. The third-order valence-corrected chi connectivity index (χ3v) is 8.39. The summed E-state index contributed by atoms with van der Waals surface area (Å²) in [5, 5.41) is 1.58. The van der Waals surface area contributed by atoms with Gasteiger partial charge in [0.25, 0.3) is 0 Å². The monoisotopic (exact) mass is 316 g/mol. The molecule has 2 aliphatic carbocycles. The number of benzene rings is 1. The third kappa shape index (κ3) is 4.43. The van der Waals surface area contributed by atoms with Crippen LogP contribution in [0.25, 0.3) is 0 Å². The van der Waals surface area contributed by atoms with Gasteiger partial charge in [-0.2, -0.15) is 0 Å². The Morgan fingerprint density at radius 2 is 1.27 bits per heavy atom. The zero-order chi connectivity index (χ0) is 15.2. The molecule has 2 aliphatic rings. The Balaban J connectivity index is 1.70. The standard InChI is InChI=1S/C19H32N2Si/c1-16-10-8-9-15-19(16)22(20-17-11-4-2-5-12-17)21-18-13-6-3-7-14-18/h8-10,15,17-18,20-22H,2-7,11-14H2,1H3. The fraction of sp³-hybridized carbons (Fsp3) is 0.684. The first-order chi connectivity index (χ1) is 10.8. The van der Waals surface area contributed by atoms with Gasteiger partial charge in [0.15, 0.2) is 0 Å². The van der Waals surface area contributed by atoms with Crippen LogP contribution in [0.15, 0.2) is 24.3 Å². The molecule has 0 spiro atoms. The minimum Gasteiger partial charge on any atom is -0.322 e. The number of rotatable bonds is 5. The van der Waals surface area contributed by atoms with Crippen LogP contribution in [-0.2, 0) is 0 Å². The van der Waals surface area contributed by atoms with E-state index in [4.69, 9.17) is 0 Å². The Hall–Kier alpha value is -0.643. The molecule has 0 aromatic heterocycles. The van der Waals surface area contributed by atoms with Crippen LogP contribution < -0.4 is 15.2 Å². The maximum atomic E-state index is 4.09. The van der Waals surface area contributed by atoms with E-state index in [0.29, 0.717) is 0 Å². The van der Waals surface area contributed by atoms with Crippen molar-refractivity contribution in [2.45, 2.75) is 83.2 Å². The van der Waals surface area contributed by atoms with Crippen LogP contribution in [0.3, 0.4) is 0 Å². The van der Waals surface area contributed by atoms with E-state index in [1.165, 1.54) is 69.8 Å². The quantitative estimate of drug-likeness (QED) is 0.815. The Bertz CT molecular complexity index is 431. The van der Waals surface area contributed by atoms with Gasteiger partial charge >= 0.3 is 0 Å². The fourth-order valence-corrected chi connectivity index (χ4v) is 7.07. The van der Waals surface area contributed by atoms with Gasteiger partial charge in [0.05, 0.1) is 0 Å². The predicted octanol–water partition coefficient (Wildman–Crippen LogP) is 3.27. The molecule has 0 radical (unpaired) electrons. The lowest BCUT2D eigenvalue weighted by Gasteiger charge is -2.33. The van der Waals surface area contributed by atoms with Crippen molar-refractivity contribution >= 4 is 14.3 Å². The highest BCUT2D eigenvalue weighted by Gasteiger charge is 2.25. The predicted molar refractivity (Wildman–Crippen MR) is 98.0 cm³/mol. The summed E-state index contributed by atoms with van der Waals surface area (Å²) in [6, 6.07) is 10.5. The summed E-state index contributed by atoms with van der Waals surface area (Å²) in [6.07, 6.45) is 14.0. The van der Waals surface area contributed by atoms with Crippen molar-refractivity contribution in [2.75, 3.05) is 0 Å². The molecule has 122 valence electrons. The summed E-state index contributed by atoms with van der Waals surface area (Å²) in [5.74, 6) is 0. The minimum atomic E-state index is -1.28. The van der Waals surface area contributed by atoms with Crippen molar-refractivity contribution in [2.24, 2.45) is 0 Å². The largest absolute Gasteiger partial charge is 0.322 e. The maximum absolute atomic E-state index is 4.09. The third-order valence-electron chi connectivity index (χ3n) is 5.51. The number of aryl methyl sites for hydroxylation is 1. The summed E-state index contributed by atoms with van der Waals surface area (Å²) in [5.41, 5.74) is 1.46. The van der Waals surface area contributed by atoms with Crippen LogP contribution in [0.2, 0.25) is 0 Å². The van der Waals surface area contributed by atoms with Crippen LogP contribution in [-0.4, -0.2) is 21.2 Å². The second-order valence-corrected chi connectivity index (χ2v) is 9.45. The summed E-state index contributed by atoms with van der Waals surface area (Å²) >= 11 is 0. The Morgan fingerprint density at radius 1 is 0.773 bits per heavy atom. The van der Waals surface area contributed by atoms with Gasteiger partial charge in [-0.1, -0.05) is 62.8 Å². The number of hydrogen-bond acceptors (Lipinski definition) is 2. The Kier molecular flexibility index (Phi) is 6.10. The molecule has 22 heavy (non-hydrogen) atoms. The Labute approximate surface area is 137 Å². The highest BCUT2D eigenvalue weighted by atomic mass is 28.3. The van der Waals surface area contributed by atoms with Crippen molar-refractivity contribution in [3.05, 3.63) is 29.8 Å². The first-order valence-corrected chi connectivity index (χ1v) is 11.1. The second-order valence-electron chi connectivity index (χ2n) is 7.29. The second kappa shape index (κ2) is 8.28. The average molecular weight is 317 g/mol. The van der Waals surface area contributed by atoms with Crippen LogP contribution >= 0.6 is 0 Å². The molecule has 1 aromatic carbocycles. The van der Waals surface area contributed by atoms with Crippen molar-refractivity contribution in [3.8, 4) is 0 Å². The van der Waals surface area contributed by atoms with Crippen LogP contribution in [0, 0.1) is 6.92 Å². The molecule has 0 heterocycles. The highest BCUT2D eigenvalue weighted by Crippen LogP contribution is 2.19. The molecule has 2 fully saturated rings. The van der Waals surface area contributed by atoms with Crippen molar-refractivity contribution in [1.82, 2.24) is 9.96 Å². The minimum absolute atomic E-state index is 0.751. The van der Waals surface area contributed by atoms with E-state index in [1.807, 2.05) is 0 Å². The average Bonchev–Trinajstić information content (AvgIpc) is 2.57. The molecule has 0 amide bonds. The summed E-state index contributed by atoms with van der Waals surface area (Å²) in [4.78, 5) is 8.18. The lowest BCUT2D eigenvalue weighted by molar-refractivity contribution is 0.398. The van der Waals surface area contributed by atoms with Crippen molar-refractivity contribution in [1.29, 1.82) is 0 Å². The summed E-state index contributed by atoms with van der Waals surface area (Å²) in [7, 11) is -1.28. The molecule has 2 nitrogen and oxygen atoms in total. The van der Waals surface area contributed by atoms with Gasteiger partial charge in [-0.15, -0.1) is 0 Å². The van der Waals surface area contributed by atoms with Crippen molar-refractivity contribution < 1.29 is 0 Å². The normalized spacial score (nSPS) is 21.4. The molecule has 2 saturated carbocycles. The smallest absolute Gasteiger partial charge is 0.218 e. The molecule has 2 N–H and O–H groups in total. The van der Waals surface area contributed by atoms with Gasteiger partial charge in [0, 0.05) is 12.1 Å². The lowest BCUT2D eigenvalue weighted by atomic mass is 9.96. The van der Waals surface area contributed by atoms with Gasteiger partial charge in [0.2, 0.25) is 9.12 Å². The van der Waals surface area contributed by atoms with Crippen molar-refractivity contribution in [3.63, 3.8) is 0 Å². The molecule has 0 unspecified atom stereocenters. The van der Waals surface area contributed by atoms with Gasteiger partial charge in [-0.25, -0.2) is 0 Å². The van der Waals surface area contributed by atoms with E-state index in [-0.39, 0.29) is 0 Å². The number of hydrogen-bond donors (Lipinski definition) is 2. The van der Waals surface area contributed by atoms with Gasteiger partial charge in [0.1, 0.15) is 0 Å². The zero-order valence-corrected chi connectivity index (χ0v) is 15.3. The van der Waals surface area contributed by atoms with E-state index >= 15 is 0 Å². The SMILES string of the molecule is Cc1ccccc1[SiH](NC1CCCCC1)NC1CCCCC1. The molecule has 3 rings (SSSR count). The van der Waals surface area contributed by atoms with Crippen LogP contribution in [0.1, 0.15) is 69.8 Å². The molecule has 0 atom stereocenters. The van der Waals surface area contributed by atoms with Gasteiger partial charge in [-0.3, -0.25) is 0 Å². The fourth-order valence-electron chi connectivity index (χ4n) is 4.15. The lowest BCUT2D eigenvalue weighted by Crippen LogP contribution is -2.62. The molecule has 1 aromatic rings. The van der Waals surface area contributed by atoms with E-state index in [9.17, 15) is 0 Å². The molecule has 0 bridgehead atoms. The molecule has 0 saturated heterocycles. The summed E-state index contributed by atoms with van der Waals surface area (Å²) in [6.45, 7) is 2.28. The molecular formula is C19H32N2Si. The van der Waals surface area contributed by atoms with E-state index < -0.39 is 9.12 Å². The van der Waals surface area contributed by atoms with Gasteiger partial charge in [-0.05, 0) is 43.4 Å². The molecule has 3 heteroatoms. The highest BCUT2D eigenvalue weighted by molar-refractivity contribution is 6.69. The summed E-state index contributed by atoms with van der Waals surface area (Å²) < 4.78 is 0. The van der Waals surface area contributed by atoms with E-state index in [1.54, 1.807) is 5.19 Å². The van der Waals surface area contributed by atoms with Crippen LogP contribution in [0.4, 0.5) is 0 Å². The zero-order valence-electron chi connectivity index (χ0n) is 14.1. The van der Waals surface area contributed by atoms with Gasteiger partial charge < -0.3 is 9.96 Å². The maximum Gasteiger partial charge on any atom is 0.218 e. The van der Waals surface area contributed by atoms with E-state index in [2.05, 4.69) is 41.2 Å². The molecular weight excluding hydrogens is 284 g/mol. The van der Waals surface area contributed by atoms with E-state index in [0.717, 1.165) is 12.1 Å². The van der Waals surface area contributed by atoms with Crippen LogP contribution in [0.5, 0.6) is 0 Å². The number of nitrogens with one attached hydrogen (secondary N) is 2. The first-order valence-electron chi connectivity index (χ1n) is 9.40. The topological polar surface area (TPSA) is 24.1 Å². The first kappa shape index (κ1) is 16.2.